The van der Waals surface area contributed by atoms with E-state index in [0.717, 1.165) is 25.1 Å². The van der Waals surface area contributed by atoms with E-state index in [-0.39, 0.29) is 11.9 Å². The first-order valence-corrected chi connectivity index (χ1v) is 10.00. The number of rotatable bonds is 3. The molecule has 2 aliphatic rings. The quantitative estimate of drug-likeness (QED) is 0.889. The third kappa shape index (κ3) is 3.38. The van der Waals surface area contributed by atoms with Crippen molar-refractivity contribution >= 4 is 22.9 Å². The monoisotopic (exact) mass is 372 g/mol. The van der Waals surface area contributed by atoms with Gasteiger partial charge in [-0.1, -0.05) is 6.07 Å². The lowest BCUT2D eigenvalue weighted by molar-refractivity contribution is 0.0711. The summed E-state index contributed by atoms with van der Waals surface area (Å²) in [6.45, 7) is 6.79. The topological polar surface area (TPSA) is 50.8 Å². The molecule has 0 unspecified atom stereocenters. The van der Waals surface area contributed by atoms with Crippen molar-refractivity contribution in [3.63, 3.8) is 0 Å². The molecular formula is C20H24N2O3S. The lowest BCUT2D eigenvalue weighted by Gasteiger charge is -2.33. The Balaban J connectivity index is 1.45. The van der Waals surface area contributed by atoms with Crippen LogP contribution in [0.5, 0.6) is 11.5 Å². The SMILES string of the molecule is Cc1ccc(N[C@@H]2CCCN(C(=O)c3scc4c3OCCO4)C2)cc1C. The fraction of sp³-hybridized carbons (Fsp3) is 0.450. The lowest BCUT2D eigenvalue weighted by atomic mass is 10.0. The minimum Gasteiger partial charge on any atom is -0.485 e. The summed E-state index contributed by atoms with van der Waals surface area (Å²) in [5.41, 5.74) is 3.69. The number of ether oxygens (including phenoxy) is 2. The summed E-state index contributed by atoms with van der Waals surface area (Å²) in [7, 11) is 0. The normalized spacial score (nSPS) is 19.3. The molecule has 2 aromatic rings. The maximum Gasteiger partial charge on any atom is 0.267 e. The van der Waals surface area contributed by atoms with Gasteiger partial charge in [-0.25, -0.2) is 0 Å². The van der Waals surface area contributed by atoms with Crippen LogP contribution in [0.1, 0.15) is 33.6 Å². The molecule has 2 aliphatic heterocycles. The number of aryl methyl sites for hydroxylation is 2. The maximum atomic E-state index is 13.0. The van der Waals surface area contributed by atoms with Crippen molar-refractivity contribution in [2.24, 2.45) is 0 Å². The van der Waals surface area contributed by atoms with E-state index >= 15 is 0 Å². The molecule has 3 heterocycles. The highest BCUT2D eigenvalue weighted by Crippen LogP contribution is 2.40. The van der Waals surface area contributed by atoms with Crippen LogP contribution in [0.4, 0.5) is 5.69 Å². The van der Waals surface area contributed by atoms with Gasteiger partial charge in [-0.05, 0) is 49.9 Å². The van der Waals surface area contributed by atoms with E-state index < -0.39 is 0 Å². The number of benzene rings is 1. The Morgan fingerprint density at radius 2 is 2.08 bits per heavy atom. The van der Waals surface area contributed by atoms with Crippen LogP contribution in [0.25, 0.3) is 0 Å². The zero-order valence-corrected chi connectivity index (χ0v) is 16.0. The van der Waals surface area contributed by atoms with Gasteiger partial charge in [0.1, 0.15) is 18.1 Å². The molecular weight excluding hydrogens is 348 g/mol. The second kappa shape index (κ2) is 7.19. The summed E-state index contributed by atoms with van der Waals surface area (Å²) in [6, 6.07) is 6.70. The van der Waals surface area contributed by atoms with E-state index in [4.69, 9.17) is 9.47 Å². The van der Waals surface area contributed by atoms with Crippen LogP contribution in [0.15, 0.2) is 23.6 Å². The molecule has 0 bridgehead atoms. The smallest absolute Gasteiger partial charge is 0.267 e. The molecule has 1 atom stereocenters. The molecule has 4 rings (SSSR count). The predicted molar refractivity (Wildman–Crippen MR) is 104 cm³/mol. The van der Waals surface area contributed by atoms with E-state index in [2.05, 4.69) is 37.4 Å². The molecule has 0 aliphatic carbocycles. The summed E-state index contributed by atoms with van der Waals surface area (Å²) in [6.07, 6.45) is 2.07. The van der Waals surface area contributed by atoms with Gasteiger partial charge in [0, 0.05) is 30.2 Å². The van der Waals surface area contributed by atoms with Crippen LogP contribution < -0.4 is 14.8 Å². The summed E-state index contributed by atoms with van der Waals surface area (Å²) >= 11 is 1.41. The summed E-state index contributed by atoms with van der Waals surface area (Å²) in [5.74, 6) is 1.37. The maximum absolute atomic E-state index is 13.0. The van der Waals surface area contributed by atoms with Gasteiger partial charge in [-0.3, -0.25) is 4.79 Å². The van der Waals surface area contributed by atoms with Gasteiger partial charge < -0.3 is 19.7 Å². The second-order valence-corrected chi connectivity index (χ2v) is 7.87. The van der Waals surface area contributed by atoms with Crippen molar-refractivity contribution in [1.29, 1.82) is 0 Å². The molecule has 1 aromatic heterocycles. The predicted octanol–water partition coefficient (Wildman–Crippen LogP) is 3.85. The molecule has 5 nitrogen and oxygen atoms in total. The number of nitrogens with one attached hydrogen (secondary N) is 1. The van der Waals surface area contributed by atoms with Crippen LogP contribution in [0, 0.1) is 13.8 Å². The minimum atomic E-state index is 0.0494. The molecule has 1 aromatic carbocycles. The van der Waals surface area contributed by atoms with Crippen LogP contribution in [-0.2, 0) is 0 Å². The van der Waals surface area contributed by atoms with Crippen LogP contribution in [-0.4, -0.2) is 43.2 Å². The highest BCUT2D eigenvalue weighted by molar-refractivity contribution is 7.12. The van der Waals surface area contributed by atoms with E-state index in [1.165, 1.54) is 22.5 Å². The van der Waals surface area contributed by atoms with Gasteiger partial charge in [0.25, 0.3) is 5.91 Å². The molecule has 1 saturated heterocycles. The number of nitrogens with zero attached hydrogens (tertiary/aromatic N) is 1. The Labute approximate surface area is 157 Å². The number of amides is 1. The Hall–Kier alpha value is -2.21. The number of thiophene rings is 1. The Morgan fingerprint density at radius 1 is 1.23 bits per heavy atom. The van der Waals surface area contributed by atoms with E-state index in [0.29, 0.717) is 36.1 Å². The number of fused-ring (bicyclic) bond motifs is 1. The van der Waals surface area contributed by atoms with Crippen molar-refractivity contribution in [2.75, 3.05) is 31.6 Å². The molecule has 26 heavy (non-hydrogen) atoms. The summed E-state index contributed by atoms with van der Waals surface area (Å²) in [5, 5.41) is 5.47. The Morgan fingerprint density at radius 3 is 2.92 bits per heavy atom. The van der Waals surface area contributed by atoms with E-state index in [1.54, 1.807) is 0 Å². The summed E-state index contributed by atoms with van der Waals surface area (Å²) in [4.78, 5) is 15.6. The molecule has 0 radical (unpaired) electrons. The number of piperidine rings is 1. The largest absolute Gasteiger partial charge is 0.485 e. The van der Waals surface area contributed by atoms with Crippen molar-refractivity contribution in [2.45, 2.75) is 32.7 Å². The molecule has 1 N–H and O–H groups in total. The third-order valence-corrected chi connectivity index (χ3v) is 6.01. The molecule has 6 heteroatoms. The highest BCUT2D eigenvalue weighted by Gasteiger charge is 2.30. The Kier molecular flexibility index (Phi) is 4.76. The first-order chi connectivity index (χ1) is 12.6. The number of carbonyl (C=O) groups is 1. The van der Waals surface area contributed by atoms with Crippen molar-refractivity contribution in [1.82, 2.24) is 4.90 Å². The number of hydrogen-bond donors (Lipinski definition) is 1. The average Bonchev–Trinajstić information content (AvgIpc) is 3.08. The zero-order chi connectivity index (χ0) is 18.1. The number of carbonyl (C=O) groups excluding carboxylic acids is 1. The zero-order valence-electron chi connectivity index (χ0n) is 15.2. The van der Waals surface area contributed by atoms with Gasteiger partial charge in [0.15, 0.2) is 11.5 Å². The fourth-order valence-electron chi connectivity index (χ4n) is 3.50. The van der Waals surface area contributed by atoms with Crippen molar-refractivity contribution in [3.05, 3.63) is 39.6 Å². The van der Waals surface area contributed by atoms with Crippen molar-refractivity contribution in [3.8, 4) is 11.5 Å². The fourth-order valence-corrected chi connectivity index (χ4v) is 4.40. The van der Waals surface area contributed by atoms with Crippen LogP contribution in [0.3, 0.4) is 0 Å². The number of hydrogen-bond acceptors (Lipinski definition) is 5. The highest BCUT2D eigenvalue weighted by atomic mass is 32.1. The first kappa shape index (κ1) is 17.2. The average molecular weight is 372 g/mol. The van der Waals surface area contributed by atoms with Gasteiger partial charge in [0.2, 0.25) is 0 Å². The van der Waals surface area contributed by atoms with Crippen LogP contribution in [0.2, 0.25) is 0 Å². The van der Waals surface area contributed by atoms with E-state index in [9.17, 15) is 4.79 Å². The lowest BCUT2D eigenvalue weighted by Crippen LogP contribution is -2.45. The van der Waals surface area contributed by atoms with Crippen LogP contribution >= 0.6 is 11.3 Å². The van der Waals surface area contributed by atoms with Gasteiger partial charge in [0.05, 0.1) is 0 Å². The Bertz CT molecular complexity index is 817. The molecule has 1 fully saturated rings. The molecule has 0 spiro atoms. The van der Waals surface area contributed by atoms with Crippen molar-refractivity contribution < 1.29 is 14.3 Å². The first-order valence-electron chi connectivity index (χ1n) is 9.12. The molecule has 0 saturated carbocycles. The second-order valence-electron chi connectivity index (χ2n) is 6.99. The summed E-state index contributed by atoms with van der Waals surface area (Å²) < 4.78 is 11.2. The third-order valence-electron chi connectivity index (χ3n) is 5.08. The van der Waals surface area contributed by atoms with Gasteiger partial charge >= 0.3 is 0 Å². The molecule has 138 valence electrons. The number of anilines is 1. The van der Waals surface area contributed by atoms with Gasteiger partial charge in [-0.15, -0.1) is 11.3 Å². The molecule has 1 amide bonds. The standard InChI is InChI=1S/C20H24N2O3S/c1-13-5-6-15(10-14(13)2)21-16-4-3-7-22(11-16)20(23)19-18-17(12-26-19)24-8-9-25-18/h5-6,10,12,16,21H,3-4,7-9,11H2,1-2H3/t16-/m1/s1. The minimum absolute atomic E-state index is 0.0494. The van der Waals surface area contributed by atoms with E-state index in [1.807, 2.05) is 10.3 Å². The van der Waals surface area contributed by atoms with Gasteiger partial charge in [-0.2, -0.15) is 0 Å². The number of likely N-dealkylation sites (tertiary alicyclic amines) is 1.